The first-order valence-electron chi connectivity index (χ1n) is 7.18. The molecule has 1 aromatic heterocycles. The number of methoxy groups -OCH3 is 1. The molecule has 1 aliphatic rings. The Labute approximate surface area is 129 Å². The van der Waals surface area contributed by atoms with Crippen molar-refractivity contribution < 1.29 is 4.74 Å². The minimum absolute atomic E-state index is 0.594. The number of rotatable bonds is 4. The van der Waals surface area contributed by atoms with Gasteiger partial charge in [-0.25, -0.2) is 9.97 Å². The van der Waals surface area contributed by atoms with Crippen LogP contribution in [0.2, 0.25) is 5.15 Å². The number of halogens is 1. The normalized spacial score (nSPS) is 13.6. The predicted octanol–water partition coefficient (Wildman–Crippen LogP) is 3.63. The Hall–Kier alpha value is -1.81. The molecule has 0 aliphatic heterocycles. The molecule has 3 rings (SSSR count). The van der Waals surface area contributed by atoms with Crippen molar-refractivity contribution in [3.63, 3.8) is 0 Å². The number of benzene rings is 1. The number of anilines is 1. The van der Waals surface area contributed by atoms with Gasteiger partial charge in [-0.15, -0.1) is 0 Å². The molecule has 0 unspecified atom stereocenters. The summed E-state index contributed by atoms with van der Waals surface area (Å²) in [6.07, 6.45) is 4.34. The molecule has 0 radical (unpaired) electrons. The predicted molar refractivity (Wildman–Crippen MR) is 84.0 cm³/mol. The maximum Gasteiger partial charge on any atom is 0.224 e. The zero-order chi connectivity index (χ0) is 14.7. The van der Waals surface area contributed by atoms with Crippen LogP contribution in [-0.2, 0) is 19.4 Å². The van der Waals surface area contributed by atoms with E-state index in [1.54, 1.807) is 7.11 Å². The Morgan fingerprint density at radius 1 is 1.14 bits per heavy atom. The van der Waals surface area contributed by atoms with Crippen molar-refractivity contribution >= 4 is 17.5 Å². The molecular weight excluding hydrogens is 286 g/mol. The van der Waals surface area contributed by atoms with E-state index in [9.17, 15) is 0 Å². The molecule has 1 aromatic carbocycles. The molecule has 0 saturated carbocycles. The molecule has 5 heteroatoms. The number of aryl methyl sites for hydroxylation is 1. The molecule has 0 spiro atoms. The van der Waals surface area contributed by atoms with Crippen molar-refractivity contribution in [3.8, 4) is 5.75 Å². The van der Waals surface area contributed by atoms with Crippen LogP contribution in [0.3, 0.4) is 0 Å². The highest BCUT2D eigenvalue weighted by molar-refractivity contribution is 6.30. The maximum atomic E-state index is 6.26. The van der Waals surface area contributed by atoms with E-state index in [2.05, 4.69) is 15.3 Å². The summed E-state index contributed by atoms with van der Waals surface area (Å²) in [5.41, 5.74) is 3.37. The zero-order valence-corrected chi connectivity index (χ0v) is 12.8. The van der Waals surface area contributed by atoms with Crippen molar-refractivity contribution in [2.75, 3.05) is 12.4 Å². The van der Waals surface area contributed by atoms with Crippen LogP contribution in [0.15, 0.2) is 24.3 Å². The van der Waals surface area contributed by atoms with E-state index in [1.165, 1.54) is 12.8 Å². The molecular formula is C16H18ClN3O. The van der Waals surface area contributed by atoms with E-state index in [1.807, 2.05) is 24.3 Å². The Balaban J connectivity index is 1.71. The third-order valence-corrected chi connectivity index (χ3v) is 4.05. The molecule has 0 atom stereocenters. The number of nitrogens with zero attached hydrogens (tertiary/aromatic N) is 2. The van der Waals surface area contributed by atoms with Gasteiger partial charge in [-0.1, -0.05) is 23.7 Å². The third kappa shape index (κ3) is 3.27. The van der Waals surface area contributed by atoms with Crippen LogP contribution in [0, 0.1) is 0 Å². The summed E-state index contributed by atoms with van der Waals surface area (Å²) in [5, 5.41) is 3.84. The molecule has 4 nitrogen and oxygen atoms in total. The minimum atomic E-state index is 0.594. The van der Waals surface area contributed by atoms with Crippen LogP contribution in [0.4, 0.5) is 5.95 Å². The molecule has 0 bridgehead atoms. The topological polar surface area (TPSA) is 47.0 Å². The standard InChI is InChI=1S/C16H18ClN3O/c1-21-12-8-6-11(7-9-12)10-18-16-19-14-5-3-2-4-13(14)15(17)20-16/h6-9H,2-5,10H2,1H3,(H,18,19,20). The lowest BCUT2D eigenvalue weighted by Gasteiger charge is -2.16. The SMILES string of the molecule is COc1ccc(CNc2nc(Cl)c3c(n2)CCCC3)cc1. The second-order valence-corrected chi connectivity index (χ2v) is 5.53. The lowest BCUT2D eigenvalue weighted by Crippen LogP contribution is -2.11. The summed E-state index contributed by atoms with van der Waals surface area (Å²) >= 11 is 6.26. The van der Waals surface area contributed by atoms with Crippen LogP contribution in [0.25, 0.3) is 0 Å². The third-order valence-electron chi connectivity index (χ3n) is 3.74. The number of nitrogens with one attached hydrogen (secondary N) is 1. The quantitative estimate of drug-likeness (QED) is 0.876. The lowest BCUT2D eigenvalue weighted by atomic mass is 9.97. The minimum Gasteiger partial charge on any atom is -0.497 e. The number of hydrogen-bond donors (Lipinski definition) is 1. The first-order chi connectivity index (χ1) is 10.3. The molecule has 21 heavy (non-hydrogen) atoms. The van der Waals surface area contributed by atoms with Gasteiger partial charge in [0.25, 0.3) is 0 Å². The molecule has 0 saturated heterocycles. The average Bonchev–Trinajstić information content (AvgIpc) is 2.53. The summed E-state index contributed by atoms with van der Waals surface area (Å²) in [6, 6.07) is 7.92. The van der Waals surface area contributed by atoms with Crippen molar-refractivity contribution in [3.05, 3.63) is 46.2 Å². The second-order valence-electron chi connectivity index (χ2n) is 5.17. The smallest absolute Gasteiger partial charge is 0.224 e. The first-order valence-corrected chi connectivity index (χ1v) is 7.56. The van der Waals surface area contributed by atoms with E-state index in [-0.39, 0.29) is 0 Å². The van der Waals surface area contributed by atoms with Crippen LogP contribution in [0.5, 0.6) is 5.75 Å². The van der Waals surface area contributed by atoms with E-state index >= 15 is 0 Å². The van der Waals surface area contributed by atoms with Crippen LogP contribution in [-0.4, -0.2) is 17.1 Å². The monoisotopic (exact) mass is 303 g/mol. The van der Waals surface area contributed by atoms with E-state index in [0.717, 1.165) is 35.4 Å². The van der Waals surface area contributed by atoms with Crippen LogP contribution >= 0.6 is 11.6 Å². The Kier molecular flexibility index (Phi) is 4.25. The number of ether oxygens (including phenoxy) is 1. The lowest BCUT2D eigenvalue weighted by molar-refractivity contribution is 0.414. The van der Waals surface area contributed by atoms with Gasteiger partial charge in [0, 0.05) is 12.1 Å². The number of fused-ring (bicyclic) bond motifs is 1. The van der Waals surface area contributed by atoms with Crippen molar-refractivity contribution in [2.45, 2.75) is 32.2 Å². The van der Waals surface area contributed by atoms with Crippen molar-refractivity contribution in [2.24, 2.45) is 0 Å². The highest BCUT2D eigenvalue weighted by Crippen LogP contribution is 2.26. The van der Waals surface area contributed by atoms with Gasteiger partial charge >= 0.3 is 0 Å². The number of aromatic nitrogens is 2. The summed E-state index contributed by atoms with van der Waals surface area (Å²) in [6.45, 7) is 0.666. The summed E-state index contributed by atoms with van der Waals surface area (Å²) in [4.78, 5) is 8.95. The van der Waals surface area contributed by atoms with Gasteiger partial charge in [0.1, 0.15) is 10.9 Å². The highest BCUT2D eigenvalue weighted by atomic mass is 35.5. The van der Waals surface area contributed by atoms with Gasteiger partial charge in [-0.3, -0.25) is 0 Å². The van der Waals surface area contributed by atoms with Gasteiger partial charge in [-0.05, 0) is 43.4 Å². The first kappa shape index (κ1) is 14.1. The molecule has 0 amide bonds. The fraction of sp³-hybridized carbons (Fsp3) is 0.375. The second kappa shape index (κ2) is 6.31. The fourth-order valence-corrected chi connectivity index (χ4v) is 2.84. The van der Waals surface area contributed by atoms with Crippen molar-refractivity contribution in [1.82, 2.24) is 9.97 Å². The highest BCUT2D eigenvalue weighted by Gasteiger charge is 2.16. The fourth-order valence-electron chi connectivity index (χ4n) is 2.55. The largest absolute Gasteiger partial charge is 0.497 e. The van der Waals surface area contributed by atoms with Gasteiger partial charge in [0.05, 0.1) is 12.8 Å². The van der Waals surface area contributed by atoms with Gasteiger partial charge in [-0.2, -0.15) is 0 Å². The molecule has 1 heterocycles. The Morgan fingerprint density at radius 3 is 2.67 bits per heavy atom. The Morgan fingerprint density at radius 2 is 1.90 bits per heavy atom. The van der Waals surface area contributed by atoms with E-state index < -0.39 is 0 Å². The molecule has 1 aliphatic carbocycles. The van der Waals surface area contributed by atoms with Gasteiger partial charge in [0.15, 0.2) is 0 Å². The molecule has 110 valence electrons. The summed E-state index contributed by atoms with van der Waals surface area (Å²) in [7, 11) is 1.66. The number of hydrogen-bond acceptors (Lipinski definition) is 4. The Bertz CT molecular complexity index is 628. The molecule has 2 aromatic rings. The van der Waals surface area contributed by atoms with E-state index in [4.69, 9.17) is 16.3 Å². The maximum absolute atomic E-state index is 6.26. The van der Waals surface area contributed by atoms with Gasteiger partial charge < -0.3 is 10.1 Å². The molecule has 1 N–H and O–H groups in total. The zero-order valence-electron chi connectivity index (χ0n) is 12.0. The van der Waals surface area contributed by atoms with Crippen molar-refractivity contribution in [1.29, 1.82) is 0 Å². The summed E-state index contributed by atoms with van der Waals surface area (Å²) < 4.78 is 5.15. The average molecular weight is 304 g/mol. The van der Waals surface area contributed by atoms with Gasteiger partial charge in [0.2, 0.25) is 5.95 Å². The molecule has 0 fully saturated rings. The van der Waals surface area contributed by atoms with Crippen LogP contribution in [0.1, 0.15) is 29.7 Å². The van der Waals surface area contributed by atoms with E-state index in [0.29, 0.717) is 17.6 Å². The van der Waals surface area contributed by atoms with Crippen LogP contribution < -0.4 is 10.1 Å². The summed E-state index contributed by atoms with van der Waals surface area (Å²) in [5.74, 6) is 1.46.